The fourth-order valence-corrected chi connectivity index (χ4v) is 1.29. The van der Waals surface area contributed by atoms with Gasteiger partial charge in [-0.2, -0.15) is 0 Å². The van der Waals surface area contributed by atoms with E-state index >= 15 is 0 Å². The number of aliphatic carboxylic acids is 1. The summed E-state index contributed by atoms with van der Waals surface area (Å²) in [5, 5.41) is 20.2. The first-order valence-electron chi connectivity index (χ1n) is 4.87. The maximum atomic E-state index is 11.6. The predicted octanol–water partition coefficient (Wildman–Crippen LogP) is 0.824. The van der Waals surface area contributed by atoms with Crippen LogP contribution in [-0.4, -0.2) is 34.7 Å². The minimum Gasteiger partial charge on any atom is -0.479 e. The van der Waals surface area contributed by atoms with Gasteiger partial charge >= 0.3 is 5.97 Å². The third kappa shape index (κ3) is 3.72. The van der Waals surface area contributed by atoms with Gasteiger partial charge in [0.1, 0.15) is 0 Å². The molecule has 0 spiro atoms. The van der Waals surface area contributed by atoms with Crippen LogP contribution in [0.15, 0.2) is 18.2 Å². The molecule has 0 aliphatic rings. The zero-order chi connectivity index (χ0) is 13.0. The molecule has 17 heavy (non-hydrogen) atoms. The Morgan fingerprint density at radius 2 is 2.12 bits per heavy atom. The Morgan fingerprint density at radius 1 is 1.47 bits per heavy atom. The molecule has 0 bridgehead atoms. The quantitative estimate of drug-likeness (QED) is 0.745. The lowest BCUT2D eigenvalue weighted by Gasteiger charge is -2.08. The molecule has 1 aromatic carbocycles. The second-order valence-corrected chi connectivity index (χ2v) is 3.94. The van der Waals surface area contributed by atoms with Crippen molar-refractivity contribution in [2.75, 3.05) is 6.54 Å². The number of carboxylic acid groups (broad SMARTS) is 1. The summed E-state index contributed by atoms with van der Waals surface area (Å²) in [7, 11) is 0. The number of carbonyl (C=O) groups excluding carboxylic acids is 1. The lowest BCUT2D eigenvalue weighted by molar-refractivity contribution is -0.146. The minimum absolute atomic E-state index is 0.318. The number of carbonyl (C=O) groups is 2. The van der Waals surface area contributed by atoms with Crippen molar-refractivity contribution in [1.82, 2.24) is 5.32 Å². The molecule has 1 amide bonds. The summed E-state index contributed by atoms with van der Waals surface area (Å²) in [5.74, 6) is -1.86. The van der Waals surface area contributed by atoms with Crippen LogP contribution in [0.5, 0.6) is 0 Å². The van der Waals surface area contributed by atoms with Gasteiger partial charge in [-0.3, -0.25) is 4.79 Å². The van der Waals surface area contributed by atoms with E-state index in [0.29, 0.717) is 10.6 Å². The molecule has 0 radical (unpaired) electrons. The van der Waals surface area contributed by atoms with Crippen LogP contribution in [0, 0.1) is 6.92 Å². The van der Waals surface area contributed by atoms with Gasteiger partial charge in [0.2, 0.25) is 0 Å². The lowest BCUT2D eigenvalue weighted by Crippen LogP contribution is -2.36. The maximum absolute atomic E-state index is 11.6. The van der Waals surface area contributed by atoms with Gasteiger partial charge in [-0.1, -0.05) is 17.7 Å². The van der Waals surface area contributed by atoms with Crippen LogP contribution in [-0.2, 0) is 4.79 Å². The van der Waals surface area contributed by atoms with Gasteiger partial charge in [-0.25, -0.2) is 4.79 Å². The van der Waals surface area contributed by atoms with Gasteiger partial charge in [-0.15, -0.1) is 0 Å². The molecule has 0 fully saturated rings. The first-order chi connectivity index (χ1) is 7.91. The van der Waals surface area contributed by atoms with Crippen LogP contribution in [0.3, 0.4) is 0 Å². The van der Waals surface area contributed by atoms with E-state index in [0.717, 1.165) is 5.56 Å². The first-order valence-corrected chi connectivity index (χ1v) is 5.25. The molecular weight excluding hydrogens is 246 g/mol. The van der Waals surface area contributed by atoms with Crippen LogP contribution in [0.2, 0.25) is 5.02 Å². The summed E-state index contributed by atoms with van der Waals surface area (Å²) in [5.41, 5.74) is 1.16. The largest absolute Gasteiger partial charge is 0.479 e. The zero-order valence-corrected chi connectivity index (χ0v) is 9.86. The molecule has 0 saturated heterocycles. The fraction of sp³-hybridized carbons (Fsp3) is 0.273. The molecule has 0 heterocycles. The molecule has 0 aliphatic carbocycles. The van der Waals surface area contributed by atoms with Gasteiger partial charge < -0.3 is 15.5 Å². The highest BCUT2D eigenvalue weighted by Gasteiger charge is 2.15. The van der Waals surface area contributed by atoms with Gasteiger partial charge in [0.15, 0.2) is 6.10 Å². The van der Waals surface area contributed by atoms with Gasteiger partial charge in [0, 0.05) is 10.6 Å². The van der Waals surface area contributed by atoms with E-state index in [2.05, 4.69) is 5.32 Å². The number of amides is 1. The van der Waals surface area contributed by atoms with Crippen molar-refractivity contribution in [2.24, 2.45) is 0 Å². The van der Waals surface area contributed by atoms with Crippen molar-refractivity contribution in [3.63, 3.8) is 0 Å². The SMILES string of the molecule is Cc1ccc(C(=O)NCC(O)C(=O)O)cc1Cl. The number of benzene rings is 1. The molecule has 0 aliphatic heterocycles. The number of aliphatic hydroxyl groups is 1. The third-order valence-corrected chi connectivity index (χ3v) is 2.58. The Balaban J connectivity index is 2.64. The van der Waals surface area contributed by atoms with E-state index in [-0.39, 0.29) is 6.54 Å². The highest BCUT2D eigenvalue weighted by molar-refractivity contribution is 6.31. The Kier molecular flexibility index (Phi) is 4.48. The van der Waals surface area contributed by atoms with Crippen LogP contribution in [0.4, 0.5) is 0 Å². The molecule has 92 valence electrons. The summed E-state index contributed by atoms with van der Waals surface area (Å²) in [6, 6.07) is 4.74. The number of aliphatic hydroxyl groups excluding tert-OH is 1. The molecule has 3 N–H and O–H groups in total. The highest BCUT2D eigenvalue weighted by atomic mass is 35.5. The van der Waals surface area contributed by atoms with Gasteiger partial charge in [0.25, 0.3) is 5.91 Å². The molecule has 5 nitrogen and oxygen atoms in total. The normalized spacial score (nSPS) is 11.9. The fourth-order valence-electron chi connectivity index (χ4n) is 1.11. The topological polar surface area (TPSA) is 86.6 Å². The summed E-state index contributed by atoms with van der Waals surface area (Å²) in [6.45, 7) is 1.46. The second-order valence-electron chi connectivity index (χ2n) is 3.53. The number of carboxylic acids is 1. The smallest absolute Gasteiger partial charge is 0.334 e. The van der Waals surface area contributed by atoms with Crippen molar-refractivity contribution in [3.05, 3.63) is 34.3 Å². The van der Waals surface area contributed by atoms with Crippen molar-refractivity contribution in [3.8, 4) is 0 Å². The summed E-state index contributed by atoms with van der Waals surface area (Å²) in [4.78, 5) is 21.9. The van der Waals surface area contributed by atoms with E-state index in [4.69, 9.17) is 21.8 Å². The third-order valence-electron chi connectivity index (χ3n) is 2.18. The van der Waals surface area contributed by atoms with Crippen molar-refractivity contribution in [1.29, 1.82) is 0 Å². The number of hydrogen-bond donors (Lipinski definition) is 3. The van der Waals surface area contributed by atoms with Crippen LogP contribution >= 0.6 is 11.6 Å². The Labute approximate surface area is 103 Å². The Bertz CT molecular complexity index is 447. The van der Waals surface area contributed by atoms with Crippen LogP contribution in [0.25, 0.3) is 0 Å². The van der Waals surface area contributed by atoms with Crippen molar-refractivity contribution >= 4 is 23.5 Å². The summed E-state index contributed by atoms with van der Waals surface area (Å²) in [6.07, 6.45) is -1.61. The molecular formula is C11H12ClNO4. The summed E-state index contributed by atoms with van der Waals surface area (Å²) >= 11 is 5.85. The monoisotopic (exact) mass is 257 g/mol. The van der Waals surface area contributed by atoms with E-state index in [1.807, 2.05) is 0 Å². The number of halogens is 1. The average molecular weight is 258 g/mol. The minimum atomic E-state index is -1.61. The van der Waals surface area contributed by atoms with Crippen molar-refractivity contribution < 1.29 is 19.8 Å². The van der Waals surface area contributed by atoms with E-state index in [1.54, 1.807) is 19.1 Å². The molecule has 6 heteroatoms. The number of hydrogen-bond acceptors (Lipinski definition) is 3. The van der Waals surface area contributed by atoms with E-state index in [9.17, 15) is 9.59 Å². The number of rotatable bonds is 4. The van der Waals surface area contributed by atoms with Crippen LogP contribution in [0.1, 0.15) is 15.9 Å². The Hall–Kier alpha value is -1.59. The molecule has 0 aromatic heterocycles. The number of nitrogens with one attached hydrogen (secondary N) is 1. The maximum Gasteiger partial charge on any atom is 0.334 e. The van der Waals surface area contributed by atoms with E-state index < -0.39 is 18.0 Å². The standard InChI is InChI=1S/C11H12ClNO4/c1-6-2-3-7(4-8(6)12)10(15)13-5-9(14)11(16)17/h2-4,9,14H,5H2,1H3,(H,13,15)(H,16,17). The molecule has 1 unspecified atom stereocenters. The first kappa shape index (κ1) is 13.5. The Morgan fingerprint density at radius 3 is 2.65 bits per heavy atom. The summed E-state index contributed by atoms with van der Waals surface area (Å²) < 4.78 is 0. The number of aryl methyl sites for hydroxylation is 1. The molecule has 1 atom stereocenters. The molecule has 1 aromatic rings. The lowest BCUT2D eigenvalue weighted by atomic mass is 10.1. The zero-order valence-electron chi connectivity index (χ0n) is 9.11. The second kappa shape index (κ2) is 5.65. The molecule has 0 saturated carbocycles. The predicted molar refractivity (Wildman–Crippen MR) is 62.2 cm³/mol. The van der Waals surface area contributed by atoms with Gasteiger partial charge in [-0.05, 0) is 24.6 Å². The average Bonchev–Trinajstić information content (AvgIpc) is 2.28. The van der Waals surface area contributed by atoms with Crippen LogP contribution < -0.4 is 5.32 Å². The molecule has 1 rings (SSSR count). The highest BCUT2D eigenvalue weighted by Crippen LogP contribution is 2.16. The van der Waals surface area contributed by atoms with Gasteiger partial charge in [0.05, 0.1) is 6.54 Å². The van der Waals surface area contributed by atoms with Crippen molar-refractivity contribution in [2.45, 2.75) is 13.0 Å². The van der Waals surface area contributed by atoms with E-state index in [1.165, 1.54) is 6.07 Å².